The number of aliphatic hydroxyl groups is 1. The third kappa shape index (κ3) is 5.30. The molecule has 0 bridgehead atoms. The quantitative estimate of drug-likeness (QED) is 0.411. The molecule has 0 radical (unpaired) electrons. The highest BCUT2D eigenvalue weighted by atomic mass is 79.9. The molecule has 0 amide bonds. The summed E-state index contributed by atoms with van der Waals surface area (Å²) in [5.41, 5.74) is 0. The Morgan fingerprint density at radius 2 is 2.00 bits per heavy atom. The summed E-state index contributed by atoms with van der Waals surface area (Å²) in [5, 5.41) is 8.72. The van der Waals surface area contributed by atoms with Gasteiger partial charge >= 0.3 is 0 Å². The first-order chi connectivity index (χ1) is 7.69. The van der Waals surface area contributed by atoms with E-state index in [-0.39, 0.29) is 6.61 Å². The maximum Gasteiger partial charge on any atom is 0.0877 e. The Balaban J connectivity index is 2.05. The summed E-state index contributed by atoms with van der Waals surface area (Å²) < 4.78 is 5.40. The van der Waals surface area contributed by atoms with E-state index >= 15 is 0 Å². The first-order valence-corrected chi connectivity index (χ1v) is 7.71. The lowest BCUT2D eigenvalue weighted by Gasteiger charge is -2.11. The van der Waals surface area contributed by atoms with E-state index in [1.54, 1.807) is 0 Å². The number of alkyl halides is 2. The summed E-state index contributed by atoms with van der Waals surface area (Å²) in [6, 6.07) is 0. The van der Waals surface area contributed by atoms with Crippen LogP contribution in [0.5, 0.6) is 0 Å². The standard InChI is InChI=1S/C12H20Br2O2/c1-2-9(13)10(14)5-3-4-6-11-12(16-11)7-8-15/h3-4,9-12,15H,2,5-8H2,1H3/b4-3-/t9?,10?,11-,12+/m1/s1. The summed E-state index contributed by atoms with van der Waals surface area (Å²) in [7, 11) is 0. The normalized spacial score (nSPS) is 28.2. The van der Waals surface area contributed by atoms with Crippen molar-refractivity contribution >= 4 is 31.9 Å². The topological polar surface area (TPSA) is 32.8 Å². The first kappa shape index (κ1) is 14.7. The molecule has 2 unspecified atom stereocenters. The Morgan fingerprint density at radius 3 is 2.62 bits per heavy atom. The maximum atomic E-state index is 8.72. The van der Waals surface area contributed by atoms with Crippen molar-refractivity contribution < 1.29 is 9.84 Å². The second-order valence-corrected chi connectivity index (χ2v) is 6.46. The van der Waals surface area contributed by atoms with Gasteiger partial charge < -0.3 is 9.84 Å². The van der Waals surface area contributed by atoms with Gasteiger partial charge in [-0.25, -0.2) is 0 Å². The summed E-state index contributed by atoms with van der Waals surface area (Å²) in [4.78, 5) is 1.04. The number of halogens is 2. The molecule has 0 saturated carbocycles. The average Bonchev–Trinajstić information content (AvgIpc) is 3.02. The molecule has 4 heteroatoms. The zero-order valence-electron chi connectivity index (χ0n) is 9.61. The van der Waals surface area contributed by atoms with Crippen LogP contribution in [0, 0.1) is 0 Å². The first-order valence-electron chi connectivity index (χ1n) is 5.88. The zero-order valence-corrected chi connectivity index (χ0v) is 12.8. The van der Waals surface area contributed by atoms with Gasteiger partial charge in [-0.1, -0.05) is 50.9 Å². The van der Waals surface area contributed by atoms with Crippen LogP contribution in [-0.4, -0.2) is 33.6 Å². The number of allylic oxidation sites excluding steroid dienone is 1. The molecule has 1 N–H and O–H groups in total. The highest BCUT2D eigenvalue weighted by Gasteiger charge is 2.36. The number of rotatable bonds is 8. The molecule has 0 aromatic carbocycles. The van der Waals surface area contributed by atoms with Gasteiger partial charge in [-0.15, -0.1) is 0 Å². The average molecular weight is 356 g/mol. The molecule has 4 atom stereocenters. The largest absolute Gasteiger partial charge is 0.396 e. The number of epoxide rings is 1. The molecule has 0 aliphatic carbocycles. The van der Waals surface area contributed by atoms with Crippen LogP contribution >= 0.6 is 31.9 Å². The highest BCUT2D eigenvalue weighted by molar-refractivity contribution is 9.12. The van der Waals surface area contributed by atoms with Crippen LogP contribution in [0.1, 0.15) is 32.6 Å². The van der Waals surface area contributed by atoms with Crippen molar-refractivity contribution in [1.29, 1.82) is 0 Å². The van der Waals surface area contributed by atoms with E-state index in [2.05, 4.69) is 50.9 Å². The minimum atomic E-state index is 0.232. The Hall–Kier alpha value is 0.620. The van der Waals surface area contributed by atoms with Gasteiger partial charge in [0.15, 0.2) is 0 Å². The lowest BCUT2D eigenvalue weighted by molar-refractivity contribution is 0.262. The SMILES string of the molecule is CCC(Br)C(Br)C/C=C\C[C@H]1O[C@H]1CCO. The molecule has 0 aromatic rings. The van der Waals surface area contributed by atoms with Gasteiger partial charge in [0.25, 0.3) is 0 Å². The highest BCUT2D eigenvalue weighted by Crippen LogP contribution is 2.28. The van der Waals surface area contributed by atoms with Crippen LogP contribution in [-0.2, 0) is 4.74 Å². The van der Waals surface area contributed by atoms with E-state index in [1.165, 1.54) is 0 Å². The Morgan fingerprint density at radius 1 is 1.25 bits per heavy atom. The van der Waals surface area contributed by atoms with Gasteiger partial charge in [0.2, 0.25) is 0 Å². The molecular weight excluding hydrogens is 336 g/mol. The Kier molecular flexibility index (Phi) is 7.20. The molecule has 94 valence electrons. The van der Waals surface area contributed by atoms with E-state index in [1.807, 2.05) is 0 Å². The summed E-state index contributed by atoms with van der Waals surface area (Å²) in [6.07, 6.45) is 8.97. The summed E-state index contributed by atoms with van der Waals surface area (Å²) in [5.74, 6) is 0. The predicted octanol–water partition coefficient (Wildman–Crippen LogP) is 3.41. The maximum absolute atomic E-state index is 8.72. The van der Waals surface area contributed by atoms with E-state index in [0.29, 0.717) is 21.9 Å². The fourth-order valence-electron chi connectivity index (χ4n) is 1.63. The molecule has 1 heterocycles. The summed E-state index contributed by atoms with van der Waals surface area (Å²) >= 11 is 7.29. The minimum Gasteiger partial charge on any atom is -0.396 e. The zero-order chi connectivity index (χ0) is 12.0. The van der Waals surface area contributed by atoms with E-state index in [9.17, 15) is 0 Å². The lowest BCUT2D eigenvalue weighted by Crippen LogP contribution is -2.11. The molecule has 0 spiro atoms. The molecule has 1 aliphatic rings. The van der Waals surface area contributed by atoms with Crippen LogP contribution < -0.4 is 0 Å². The second kappa shape index (κ2) is 7.85. The molecule has 2 nitrogen and oxygen atoms in total. The van der Waals surface area contributed by atoms with Gasteiger partial charge in [-0.05, 0) is 25.7 Å². The molecule has 0 aromatic heterocycles. The molecular formula is C12H20Br2O2. The van der Waals surface area contributed by atoms with Crippen molar-refractivity contribution in [3.8, 4) is 0 Å². The third-order valence-electron chi connectivity index (χ3n) is 2.78. The minimum absolute atomic E-state index is 0.232. The van der Waals surface area contributed by atoms with Gasteiger partial charge in [-0.3, -0.25) is 0 Å². The van der Waals surface area contributed by atoms with E-state index in [0.717, 1.165) is 25.7 Å². The van der Waals surface area contributed by atoms with Crippen LogP contribution in [0.4, 0.5) is 0 Å². The lowest BCUT2D eigenvalue weighted by atomic mass is 10.1. The molecule has 1 fully saturated rings. The fourth-order valence-corrected chi connectivity index (χ4v) is 2.43. The van der Waals surface area contributed by atoms with Crippen molar-refractivity contribution in [2.45, 2.75) is 54.5 Å². The van der Waals surface area contributed by atoms with Crippen molar-refractivity contribution in [2.75, 3.05) is 6.61 Å². The number of hydrogen-bond donors (Lipinski definition) is 1. The van der Waals surface area contributed by atoms with Crippen LogP contribution in [0.2, 0.25) is 0 Å². The Bertz CT molecular complexity index is 221. The van der Waals surface area contributed by atoms with Crippen molar-refractivity contribution in [3.05, 3.63) is 12.2 Å². The second-order valence-electron chi connectivity index (χ2n) is 4.11. The molecule has 1 saturated heterocycles. The van der Waals surface area contributed by atoms with Crippen LogP contribution in [0.25, 0.3) is 0 Å². The van der Waals surface area contributed by atoms with E-state index in [4.69, 9.17) is 9.84 Å². The Labute approximate surface area is 115 Å². The van der Waals surface area contributed by atoms with Gasteiger partial charge in [0, 0.05) is 16.3 Å². The van der Waals surface area contributed by atoms with Gasteiger partial charge in [0.05, 0.1) is 12.2 Å². The van der Waals surface area contributed by atoms with Gasteiger partial charge in [0.1, 0.15) is 0 Å². The third-order valence-corrected chi connectivity index (χ3v) is 5.79. The molecule has 1 aliphatic heterocycles. The number of aliphatic hydroxyl groups excluding tert-OH is 1. The predicted molar refractivity (Wildman–Crippen MR) is 74.5 cm³/mol. The van der Waals surface area contributed by atoms with Crippen molar-refractivity contribution in [2.24, 2.45) is 0 Å². The number of hydrogen-bond acceptors (Lipinski definition) is 2. The monoisotopic (exact) mass is 354 g/mol. The fraction of sp³-hybridized carbons (Fsp3) is 0.833. The van der Waals surface area contributed by atoms with Crippen molar-refractivity contribution in [3.63, 3.8) is 0 Å². The van der Waals surface area contributed by atoms with E-state index < -0.39 is 0 Å². The van der Waals surface area contributed by atoms with Crippen LogP contribution in [0.15, 0.2) is 12.2 Å². The van der Waals surface area contributed by atoms with Crippen LogP contribution in [0.3, 0.4) is 0 Å². The molecule has 1 rings (SSSR count). The van der Waals surface area contributed by atoms with Crippen molar-refractivity contribution in [1.82, 2.24) is 0 Å². The molecule has 16 heavy (non-hydrogen) atoms. The smallest absolute Gasteiger partial charge is 0.0877 e. The number of ether oxygens (including phenoxy) is 1. The summed E-state index contributed by atoms with van der Waals surface area (Å²) in [6.45, 7) is 2.41. The van der Waals surface area contributed by atoms with Gasteiger partial charge in [-0.2, -0.15) is 0 Å².